The molecule has 0 fully saturated rings. The number of rotatable bonds is 6. The summed E-state index contributed by atoms with van der Waals surface area (Å²) in [6.45, 7) is 0.705. The zero-order valence-corrected chi connectivity index (χ0v) is 9.00. The number of nitrogens with zero attached hydrogens (tertiary/aromatic N) is 1. The Balaban J connectivity index is 2.38. The molecule has 84 valence electrons. The fraction of sp³-hybridized carbons (Fsp3) is 0.556. The van der Waals surface area contributed by atoms with Crippen LogP contribution in [0.4, 0.5) is 0 Å². The van der Waals surface area contributed by atoms with Gasteiger partial charge in [-0.25, -0.2) is 4.79 Å². The van der Waals surface area contributed by atoms with E-state index in [0.29, 0.717) is 12.5 Å². The summed E-state index contributed by atoms with van der Waals surface area (Å²) in [6.07, 6.45) is 3.16. The van der Waals surface area contributed by atoms with Gasteiger partial charge in [0.2, 0.25) is 0 Å². The fourth-order valence-corrected chi connectivity index (χ4v) is 1.20. The lowest BCUT2D eigenvalue weighted by atomic mass is 10.4. The van der Waals surface area contributed by atoms with Gasteiger partial charge in [-0.05, 0) is 12.8 Å². The third kappa shape index (κ3) is 4.31. The van der Waals surface area contributed by atoms with Crippen LogP contribution in [0.1, 0.15) is 12.8 Å². The van der Waals surface area contributed by atoms with Gasteiger partial charge in [0, 0.05) is 24.8 Å². The first-order chi connectivity index (χ1) is 7.24. The maximum atomic E-state index is 11.2. The van der Waals surface area contributed by atoms with E-state index >= 15 is 0 Å². The Hall–Kier alpha value is -1.07. The van der Waals surface area contributed by atoms with Crippen LogP contribution in [0.3, 0.4) is 0 Å². The highest BCUT2D eigenvalue weighted by Gasteiger charge is 1.95. The number of halogens is 1. The maximum Gasteiger partial charge on any atom is 0.330 e. The molecule has 0 atom stereocenters. The lowest BCUT2D eigenvalue weighted by Crippen LogP contribution is -2.29. The lowest BCUT2D eigenvalue weighted by Gasteiger charge is -2.05. The molecule has 0 aromatic carbocycles. The van der Waals surface area contributed by atoms with Gasteiger partial charge in [-0.2, -0.15) is 0 Å². The van der Waals surface area contributed by atoms with Crippen LogP contribution < -0.4 is 11.2 Å². The average molecular weight is 233 g/mol. The van der Waals surface area contributed by atoms with E-state index in [-0.39, 0.29) is 6.73 Å². The van der Waals surface area contributed by atoms with Crippen LogP contribution in [0.15, 0.2) is 21.9 Å². The SMILES string of the molecule is O=c1ccn(COCCCCCl)c(=O)[nH]1. The standard InChI is InChI=1S/C9H13ClN2O3/c10-4-1-2-6-15-7-12-5-3-8(13)11-9(12)14/h3,5H,1-2,4,6-7H2,(H,11,13,14). The Labute approximate surface area is 91.6 Å². The molecule has 1 heterocycles. The number of alkyl halides is 1. The van der Waals surface area contributed by atoms with Crippen LogP contribution in [0.2, 0.25) is 0 Å². The van der Waals surface area contributed by atoms with Crippen LogP contribution in [-0.2, 0) is 11.5 Å². The van der Waals surface area contributed by atoms with Gasteiger partial charge in [0.25, 0.3) is 5.56 Å². The van der Waals surface area contributed by atoms with E-state index in [4.69, 9.17) is 16.3 Å². The summed E-state index contributed by atoms with van der Waals surface area (Å²) in [6, 6.07) is 1.28. The largest absolute Gasteiger partial charge is 0.361 e. The second-order valence-electron chi connectivity index (χ2n) is 3.01. The van der Waals surface area contributed by atoms with Gasteiger partial charge >= 0.3 is 5.69 Å². The van der Waals surface area contributed by atoms with E-state index in [1.54, 1.807) is 0 Å². The third-order valence-corrected chi connectivity index (χ3v) is 2.07. The van der Waals surface area contributed by atoms with Crippen molar-refractivity contribution >= 4 is 11.6 Å². The third-order valence-electron chi connectivity index (χ3n) is 1.80. The Morgan fingerprint density at radius 2 is 2.20 bits per heavy atom. The first kappa shape index (κ1) is 12.0. The van der Waals surface area contributed by atoms with Crippen LogP contribution in [0.5, 0.6) is 0 Å². The van der Waals surface area contributed by atoms with Gasteiger partial charge < -0.3 is 4.74 Å². The minimum Gasteiger partial charge on any atom is -0.361 e. The molecule has 0 aliphatic carbocycles. The summed E-state index contributed by atoms with van der Waals surface area (Å²) in [5.74, 6) is 0.613. The number of unbranched alkanes of at least 4 members (excludes halogenated alkanes) is 1. The molecule has 0 amide bonds. The molecule has 15 heavy (non-hydrogen) atoms. The van der Waals surface area contributed by atoms with Gasteiger partial charge in [-0.3, -0.25) is 14.3 Å². The molecule has 5 nitrogen and oxygen atoms in total. The molecule has 0 spiro atoms. The van der Waals surface area contributed by atoms with Gasteiger partial charge in [-0.1, -0.05) is 0 Å². The predicted molar refractivity (Wildman–Crippen MR) is 57.2 cm³/mol. The zero-order valence-electron chi connectivity index (χ0n) is 8.24. The summed E-state index contributed by atoms with van der Waals surface area (Å²) in [7, 11) is 0. The zero-order chi connectivity index (χ0) is 11.1. The van der Waals surface area contributed by atoms with E-state index in [9.17, 15) is 9.59 Å². The Morgan fingerprint density at radius 3 is 2.87 bits per heavy atom. The number of aromatic amines is 1. The Bertz CT molecular complexity index is 399. The number of nitrogens with one attached hydrogen (secondary N) is 1. The molecule has 1 rings (SSSR count). The molecule has 1 aromatic rings. The average Bonchev–Trinajstić information content (AvgIpc) is 2.20. The molecule has 0 saturated heterocycles. The van der Waals surface area contributed by atoms with E-state index < -0.39 is 11.2 Å². The number of aromatic nitrogens is 2. The van der Waals surface area contributed by atoms with Crippen molar-refractivity contribution in [2.45, 2.75) is 19.6 Å². The molecule has 0 aliphatic heterocycles. The highest BCUT2D eigenvalue weighted by molar-refractivity contribution is 6.17. The predicted octanol–water partition coefficient (Wildman–Crippen LogP) is 0.530. The molecule has 1 N–H and O–H groups in total. The van der Waals surface area contributed by atoms with Crippen LogP contribution in [0, 0.1) is 0 Å². The molecule has 0 saturated carbocycles. The van der Waals surface area contributed by atoms with Gasteiger partial charge in [0.05, 0.1) is 0 Å². The van der Waals surface area contributed by atoms with Gasteiger partial charge in [0.1, 0.15) is 6.73 Å². The van der Waals surface area contributed by atoms with E-state index in [1.165, 1.54) is 16.8 Å². The van der Waals surface area contributed by atoms with Crippen LogP contribution in [-0.4, -0.2) is 22.0 Å². The fourth-order valence-electron chi connectivity index (χ4n) is 1.01. The van der Waals surface area contributed by atoms with Crippen molar-refractivity contribution in [3.63, 3.8) is 0 Å². The first-order valence-electron chi connectivity index (χ1n) is 4.67. The molecule has 0 bridgehead atoms. The Morgan fingerprint density at radius 1 is 1.40 bits per heavy atom. The molecule has 0 aliphatic rings. The lowest BCUT2D eigenvalue weighted by molar-refractivity contribution is 0.0716. The minimum absolute atomic E-state index is 0.151. The maximum absolute atomic E-state index is 11.2. The number of hydrogen-bond donors (Lipinski definition) is 1. The van der Waals surface area contributed by atoms with Crippen molar-refractivity contribution in [3.05, 3.63) is 33.1 Å². The minimum atomic E-state index is -0.458. The summed E-state index contributed by atoms with van der Waals surface area (Å²) < 4.78 is 6.52. The summed E-state index contributed by atoms with van der Waals surface area (Å²) in [5, 5.41) is 0. The second-order valence-corrected chi connectivity index (χ2v) is 3.39. The molecule has 1 aromatic heterocycles. The van der Waals surface area contributed by atoms with Gasteiger partial charge in [-0.15, -0.1) is 11.6 Å². The Kier molecular flexibility index (Phi) is 5.14. The normalized spacial score (nSPS) is 10.5. The smallest absolute Gasteiger partial charge is 0.330 e. The quantitative estimate of drug-likeness (QED) is 0.575. The monoisotopic (exact) mass is 232 g/mol. The number of hydrogen-bond acceptors (Lipinski definition) is 3. The first-order valence-corrected chi connectivity index (χ1v) is 5.21. The van der Waals surface area contributed by atoms with E-state index in [0.717, 1.165) is 12.8 Å². The van der Waals surface area contributed by atoms with Gasteiger partial charge in [0.15, 0.2) is 0 Å². The summed E-state index contributed by atoms with van der Waals surface area (Å²) in [5.41, 5.74) is -0.863. The molecular weight excluding hydrogens is 220 g/mol. The summed E-state index contributed by atoms with van der Waals surface area (Å²) in [4.78, 5) is 24.0. The van der Waals surface area contributed by atoms with Crippen LogP contribution >= 0.6 is 11.6 Å². The molecule has 6 heteroatoms. The number of ether oxygens (including phenoxy) is 1. The highest BCUT2D eigenvalue weighted by Crippen LogP contribution is 1.92. The van der Waals surface area contributed by atoms with E-state index in [1.807, 2.05) is 0 Å². The van der Waals surface area contributed by atoms with Crippen molar-refractivity contribution in [2.24, 2.45) is 0 Å². The second kappa shape index (κ2) is 6.42. The topological polar surface area (TPSA) is 64.1 Å². The van der Waals surface area contributed by atoms with Crippen molar-refractivity contribution in [1.29, 1.82) is 0 Å². The van der Waals surface area contributed by atoms with Crippen molar-refractivity contribution in [2.75, 3.05) is 12.5 Å². The molecule has 0 radical (unpaired) electrons. The number of H-pyrrole nitrogens is 1. The van der Waals surface area contributed by atoms with Crippen molar-refractivity contribution in [1.82, 2.24) is 9.55 Å². The molecule has 0 unspecified atom stereocenters. The van der Waals surface area contributed by atoms with Crippen LogP contribution in [0.25, 0.3) is 0 Å². The molecular formula is C9H13ClN2O3. The summed E-state index contributed by atoms with van der Waals surface area (Å²) >= 11 is 5.49. The van der Waals surface area contributed by atoms with E-state index in [2.05, 4.69) is 4.98 Å². The highest BCUT2D eigenvalue weighted by atomic mass is 35.5. The van der Waals surface area contributed by atoms with Crippen molar-refractivity contribution in [3.8, 4) is 0 Å². The van der Waals surface area contributed by atoms with Crippen molar-refractivity contribution < 1.29 is 4.74 Å².